The third-order valence-electron chi connectivity index (χ3n) is 4.03. The highest BCUT2D eigenvalue weighted by molar-refractivity contribution is 7.92. The lowest BCUT2D eigenvalue weighted by atomic mass is 10.1. The van der Waals surface area contributed by atoms with E-state index in [-0.39, 0.29) is 5.91 Å². The first kappa shape index (κ1) is 19.0. The highest BCUT2D eigenvalue weighted by Crippen LogP contribution is 2.23. The summed E-state index contributed by atoms with van der Waals surface area (Å²) in [6.07, 6.45) is 1.88. The maximum Gasteiger partial charge on any atom is 0.248 e. The summed E-state index contributed by atoms with van der Waals surface area (Å²) in [5.74, 6) is -0.369. The van der Waals surface area contributed by atoms with Crippen LogP contribution in [-0.4, -0.2) is 26.6 Å². The zero-order valence-electron chi connectivity index (χ0n) is 15.0. The smallest absolute Gasteiger partial charge is 0.248 e. The molecule has 0 saturated carbocycles. The third-order valence-corrected chi connectivity index (χ3v) is 5.27. The molecule has 0 spiro atoms. The maximum atomic E-state index is 12.7. The molecule has 1 N–H and O–H groups in total. The van der Waals surface area contributed by atoms with Gasteiger partial charge in [0.25, 0.3) is 0 Å². The molecule has 0 aliphatic heterocycles. The van der Waals surface area contributed by atoms with Gasteiger partial charge in [-0.15, -0.1) is 0 Å². The van der Waals surface area contributed by atoms with E-state index in [0.29, 0.717) is 11.4 Å². The van der Waals surface area contributed by atoms with Crippen molar-refractivity contribution < 1.29 is 13.2 Å². The van der Waals surface area contributed by atoms with E-state index in [0.717, 1.165) is 28.1 Å². The predicted octanol–water partition coefficient (Wildman–Crippen LogP) is 3.35. The number of para-hydroxylation sites is 1. The Morgan fingerprint density at radius 3 is 2.28 bits per heavy atom. The summed E-state index contributed by atoms with van der Waals surface area (Å²) in [5, 5.41) is 2.85. The molecule has 0 unspecified atom stereocenters. The molecule has 1 atom stereocenters. The maximum absolute atomic E-state index is 12.7. The minimum atomic E-state index is -3.61. The molecule has 0 aromatic heterocycles. The van der Waals surface area contributed by atoms with E-state index in [4.69, 9.17) is 0 Å². The quantitative estimate of drug-likeness (QED) is 0.859. The first-order valence-electron chi connectivity index (χ1n) is 8.19. The number of anilines is 2. The number of hydrogen-bond acceptors (Lipinski definition) is 3. The van der Waals surface area contributed by atoms with Crippen LogP contribution in [0.3, 0.4) is 0 Å². The van der Waals surface area contributed by atoms with Gasteiger partial charge in [-0.1, -0.05) is 42.8 Å². The molecule has 0 aliphatic carbocycles. The van der Waals surface area contributed by atoms with E-state index in [1.165, 1.54) is 0 Å². The van der Waals surface area contributed by atoms with E-state index in [1.54, 1.807) is 19.1 Å². The van der Waals surface area contributed by atoms with Gasteiger partial charge in [-0.3, -0.25) is 9.10 Å². The van der Waals surface area contributed by atoms with Gasteiger partial charge in [0, 0.05) is 5.69 Å². The summed E-state index contributed by atoms with van der Waals surface area (Å²) in [6.45, 7) is 5.51. The van der Waals surface area contributed by atoms with Gasteiger partial charge in [0.15, 0.2) is 0 Å². The van der Waals surface area contributed by atoms with E-state index in [2.05, 4.69) is 5.32 Å². The van der Waals surface area contributed by atoms with Gasteiger partial charge in [-0.2, -0.15) is 0 Å². The number of sulfonamides is 1. The third kappa shape index (κ3) is 4.60. The lowest BCUT2D eigenvalue weighted by molar-refractivity contribution is -0.116. The number of carbonyl (C=O) groups is 1. The molecule has 0 heterocycles. The fourth-order valence-electron chi connectivity index (χ4n) is 2.69. The van der Waals surface area contributed by atoms with Crippen LogP contribution in [0.2, 0.25) is 0 Å². The van der Waals surface area contributed by atoms with Crippen LogP contribution < -0.4 is 9.62 Å². The monoisotopic (exact) mass is 360 g/mol. The van der Waals surface area contributed by atoms with Crippen LogP contribution in [-0.2, 0) is 21.2 Å². The van der Waals surface area contributed by atoms with Gasteiger partial charge in [0.2, 0.25) is 15.9 Å². The number of benzene rings is 2. The van der Waals surface area contributed by atoms with Crippen molar-refractivity contribution in [2.24, 2.45) is 0 Å². The van der Waals surface area contributed by atoms with E-state index < -0.39 is 16.1 Å². The van der Waals surface area contributed by atoms with Crippen LogP contribution in [0.15, 0.2) is 48.5 Å². The Balaban J connectivity index is 2.31. The fraction of sp³-hybridized carbons (Fsp3) is 0.316. The average Bonchev–Trinajstić information content (AvgIpc) is 2.56. The zero-order chi connectivity index (χ0) is 18.6. The molecule has 5 nitrogen and oxygen atoms in total. The summed E-state index contributed by atoms with van der Waals surface area (Å²) in [4.78, 5) is 12.7. The standard InChI is InChI=1S/C19H24N2O3S/c1-5-16-8-6-7-9-18(16)20-19(22)15(3)21(25(4,23)24)17-12-10-14(2)11-13-17/h6-13,15H,5H2,1-4H3,(H,20,22)/t15-/m1/s1. The number of nitrogens with one attached hydrogen (secondary N) is 1. The Labute approximate surface area is 149 Å². The molecule has 1 amide bonds. The number of hydrogen-bond donors (Lipinski definition) is 1. The molecule has 2 rings (SSSR count). The highest BCUT2D eigenvalue weighted by Gasteiger charge is 2.29. The van der Waals surface area contributed by atoms with Crippen molar-refractivity contribution in [2.75, 3.05) is 15.9 Å². The van der Waals surface area contributed by atoms with E-state index in [9.17, 15) is 13.2 Å². The largest absolute Gasteiger partial charge is 0.324 e. The molecule has 134 valence electrons. The van der Waals surface area contributed by atoms with Crippen molar-refractivity contribution in [1.29, 1.82) is 0 Å². The lowest BCUT2D eigenvalue weighted by Gasteiger charge is -2.28. The summed E-state index contributed by atoms with van der Waals surface area (Å²) >= 11 is 0. The molecule has 2 aromatic carbocycles. The van der Waals surface area contributed by atoms with Gasteiger partial charge in [0.1, 0.15) is 6.04 Å². The molecule has 2 aromatic rings. The van der Waals surface area contributed by atoms with Crippen molar-refractivity contribution in [3.05, 3.63) is 59.7 Å². The molecule has 0 saturated heterocycles. The number of carbonyl (C=O) groups excluding carboxylic acids is 1. The Morgan fingerprint density at radius 1 is 1.12 bits per heavy atom. The van der Waals surface area contributed by atoms with Gasteiger partial charge in [-0.25, -0.2) is 8.42 Å². The van der Waals surface area contributed by atoms with Crippen LogP contribution in [0.4, 0.5) is 11.4 Å². The number of aryl methyl sites for hydroxylation is 2. The minimum absolute atomic E-state index is 0.369. The van der Waals surface area contributed by atoms with Gasteiger partial charge in [-0.05, 0) is 44.0 Å². The Morgan fingerprint density at radius 2 is 1.72 bits per heavy atom. The first-order chi connectivity index (χ1) is 11.7. The first-order valence-corrected chi connectivity index (χ1v) is 10.0. The van der Waals surface area contributed by atoms with Gasteiger partial charge >= 0.3 is 0 Å². The van der Waals surface area contributed by atoms with Crippen molar-refractivity contribution >= 4 is 27.3 Å². The average molecular weight is 360 g/mol. The molecular formula is C19H24N2O3S. The van der Waals surface area contributed by atoms with Gasteiger partial charge < -0.3 is 5.32 Å². The van der Waals surface area contributed by atoms with E-state index >= 15 is 0 Å². The topological polar surface area (TPSA) is 66.5 Å². The summed E-state index contributed by atoms with van der Waals surface area (Å²) < 4.78 is 25.7. The van der Waals surface area contributed by atoms with Gasteiger partial charge in [0.05, 0.1) is 11.9 Å². The predicted molar refractivity (Wildman–Crippen MR) is 102 cm³/mol. The molecule has 6 heteroatoms. The molecule has 0 bridgehead atoms. The summed E-state index contributed by atoms with van der Waals surface area (Å²) in [7, 11) is -3.61. The van der Waals surface area contributed by atoms with Crippen LogP contribution >= 0.6 is 0 Å². The van der Waals surface area contributed by atoms with Crippen molar-refractivity contribution in [3.8, 4) is 0 Å². The minimum Gasteiger partial charge on any atom is -0.324 e. The number of nitrogens with zero attached hydrogens (tertiary/aromatic N) is 1. The lowest BCUT2D eigenvalue weighted by Crippen LogP contribution is -2.45. The second-order valence-corrected chi connectivity index (χ2v) is 7.93. The normalized spacial score (nSPS) is 12.5. The van der Waals surface area contributed by atoms with Crippen molar-refractivity contribution in [1.82, 2.24) is 0 Å². The molecule has 25 heavy (non-hydrogen) atoms. The Hall–Kier alpha value is -2.34. The van der Waals surface area contributed by atoms with Crippen molar-refractivity contribution in [3.63, 3.8) is 0 Å². The molecule has 0 aliphatic rings. The molecular weight excluding hydrogens is 336 g/mol. The summed E-state index contributed by atoms with van der Waals surface area (Å²) in [6, 6.07) is 13.7. The van der Waals surface area contributed by atoms with Crippen LogP contribution in [0, 0.1) is 6.92 Å². The zero-order valence-corrected chi connectivity index (χ0v) is 15.8. The highest BCUT2D eigenvalue weighted by atomic mass is 32.2. The number of rotatable bonds is 6. The van der Waals surface area contributed by atoms with Crippen LogP contribution in [0.5, 0.6) is 0 Å². The number of amides is 1. The Bertz CT molecular complexity index is 845. The second kappa shape index (κ2) is 7.70. The van der Waals surface area contributed by atoms with Crippen molar-refractivity contribution in [2.45, 2.75) is 33.2 Å². The van der Waals surface area contributed by atoms with Crippen LogP contribution in [0.25, 0.3) is 0 Å². The molecule has 0 radical (unpaired) electrons. The van der Waals surface area contributed by atoms with E-state index in [1.807, 2.05) is 50.2 Å². The SMILES string of the molecule is CCc1ccccc1NC(=O)[C@@H](C)N(c1ccc(C)cc1)S(C)(=O)=O. The summed E-state index contributed by atoms with van der Waals surface area (Å²) in [5.41, 5.74) is 3.20. The molecule has 0 fully saturated rings. The second-order valence-electron chi connectivity index (χ2n) is 6.07. The van der Waals surface area contributed by atoms with Crippen LogP contribution in [0.1, 0.15) is 25.0 Å². The Kier molecular flexibility index (Phi) is 5.85. The fourth-order valence-corrected chi connectivity index (χ4v) is 3.86.